The topological polar surface area (TPSA) is 93.7 Å². The average molecular weight is 362 g/mol. The van der Waals surface area contributed by atoms with E-state index >= 15 is 0 Å². The Balaban J connectivity index is 1.72. The Morgan fingerprint density at radius 2 is 1.88 bits per heavy atom. The number of benzene rings is 2. The molecule has 0 aliphatic carbocycles. The Morgan fingerprint density at radius 1 is 1.12 bits per heavy atom. The minimum absolute atomic E-state index is 0.150. The van der Waals surface area contributed by atoms with Crippen LogP contribution in [0.3, 0.4) is 0 Å². The standard InChI is InChI=1S/C17H18N2O5S/c1-11(12-4-3-5-14(8-12)19-25(2,21)22)18-17(20)13-6-7-15-16(9-13)24-10-23-15/h3-9,11,19H,10H2,1-2H3,(H,18,20)/t11-/m1/s1. The summed E-state index contributed by atoms with van der Waals surface area (Å²) in [5, 5.41) is 2.88. The minimum Gasteiger partial charge on any atom is -0.454 e. The van der Waals surface area contributed by atoms with Crippen LogP contribution in [-0.2, 0) is 10.0 Å². The molecular weight excluding hydrogens is 344 g/mol. The van der Waals surface area contributed by atoms with Crippen LogP contribution in [-0.4, -0.2) is 27.4 Å². The van der Waals surface area contributed by atoms with E-state index in [9.17, 15) is 13.2 Å². The van der Waals surface area contributed by atoms with Gasteiger partial charge in [0.15, 0.2) is 11.5 Å². The molecule has 0 spiro atoms. The number of anilines is 1. The normalized spacial score (nSPS) is 14.0. The van der Waals surface area contributed by atoms with Gasteiger partial charge in [-0.05, 0) is 42.8 Å². The van der Waals surface area contributed by atoms with Gasteiger partial charge in [0.1, 0.15) is 0 Å². The molecule has 1 amide bonds. The molecule has 2 aromatic carbocycles. The first kappa shape index (κ1) is 17.1. The van der Waals surface area contributed by atoms with E-state index in [0.717, 1.165) is 11.8 Å². The van der Waals surface area contributed by atoms with Crippen molar-refractivity contribution in [2.24, 2.45) is 0 Å². The quantitative estimate of drug-likeness (QED) is 0.851. The van der Waals surface area contributed by atoms with Crippen molar-refractivity contribution >= 4 is 21.6 Å². The first-order valence-corrected chi connectivity index (χ1v) is 9.49. The molecule has 8 heteroatoms. The lowest BCUT2D eigenvalue weighted by Gasteiger charge is -2.16. The van der Waals surface area contributed by atoms with Crippen molar-refractivity contribution in [2.75, 3.05) is 17.8 Å². The van der Waals surface area contributed by atoms with Gasteiger partial charge in [0.05, 0.1) is 12.3 Å². The summed E-state index contributed by atoms with van der Waals surface area (Å²) >= 11 is 0. The first-order chi connectivity index (χ1) is 11.8. The van der Waals surface area contributed by atoms with Gasteiger partial charge in [0, 0.05) is 11.3 Å². The fraction of sp³-hybridized carbons (Fsp3) is 0.235. The lowest BCUT2D eigenvalue weighted by atomic mass is 10.1. The molecule has 0 saturated heterocycles. The number of sulfonamides is 1. The van der Waals surface area contributed by atoms with Crippen molar-refractivity contribution in [2.45, 2.75) is 13.0 Å². The monoisotopic (exact) mass is 362 g/mol. The van der Waals surface area contributed by atoms with Gasteiger partial charge in [-0.15, -0.1) is 0 Å². The van der Waals surface area contributed by atoms with Crippen molar-refractivity contribution in [1.82, 2.24) is 5.32 Å². The summed E-state index contributed by atoms with van der Waals surface area (Å²) in [5.74, 6) is 0.899. The zero-order valence-electron chi connectivity index (χ0n) is 13.8. The minimum atomic E-state index is -3.35. The van der Waals surface area contributed by atoms with E-state index in [4.69, 9.17) is 9.47 Å². The molecule has 3 rings (SSSR count). The van der Waals surface area contributed by atoms with E-state index in [1.807, 2.05) is 13.0 Å². The molecule has 1 atom stereocenters. The van der Waals surface area contributed by atoms with Crippen molar-refractivity contribution in [1.29, 1.82) is 0 Å². The highest BCUT2D eigenvalue weighted by Gasteiger charge is 2.18. The van der Waals surface area contributed by atoms with Gasteiger partial charge in [-0.2, -0.15) is 0 Å². The van der Waals surface area contributed by atoms with Crippen LogP contribution in [0, 0.1) is 0 Å². The second kappa shape index (κ2) is 6.64. The number of nitrogens with one attached hydrogen (secondary N) is 2. The van der Waals surface area contributed by atoms with Gasteiger partial charge in [0.2, 0.25) is 16.8 Å². The largest absolute Gasteiger partial charge is 0.454 e. The van der Waals surface area contributed by atoms with Gasteiger partial charge in [0.25, 0.3) is 5.91 Å². The van der Waals surface area contributed by atoms with Gasteiger partial charge in [-0.25, -0.2) is 8.42 Å². The summed E-state index contributed by atoms with van der Waals surface area (Å²) in [6.07, 6.45) is 1.09. The summed E-state index contributed by atoms with van der Waals surface area (Å²) in [7, 11) is -3.35. The van der Waals surface area contributed by atoms with Gasteiger partial charge in [-0.3, -0.25) is 9.52 Å². The van der Waals surface area contributed by atoms with Crippen LogP contribution in [0.25, 0.3) is 0 Å². The summed E-state index contributed by atoms with van der Waals surface area (Å²) < 4.78 is 35.6. The van der Waals surface area contributed by atoms with Crippen LogP contribution in [0.4, 0.5) is 5.69 Å². The number of fused-ring (bicyclic) bond motifs is 1. The second-order valence-corrected chi connectivity index (χ2v) is 7.51. The van der Waals surface area contributed by atoms with E-state index in [1.54, 1.807) is 36.4 Å². The molecule has 0 fully saturated rings. The molecule has 1 heterocycles. The molecule has 2 aromatic rings. The Bertz CT molecular complexity index is 911. The smallest absolute Gasteiger partial charge is 0.251 e. The zero-order chi connectivity index (χ0) is 18.0. The number of ether oxygens (including phenoxy) is 2. The molecule has 0 bridgehead atoms. The molecule has 25 heavy (non-hydrogen) atoms. The fourth-order valence-corrected chi connectivity index (χ4v) is 3.04. The summed E-state index contributed by atoms with van der Waals surface area (Å²) in [6.45, 7) is 1.97. The summed E-state index contributed by atoms with van der Waals surface area (Å²) in [6, 6.07) is 11.6. The van der Waals surface area contributed by atoms with E-state index in [1.165, 1.54) is 0 Å². The number of carbonyl (C=O) groups excluding carboxylic acids is 1. The average Bonchev–Trinajstić information content (AvgIpc) is 3.01. The summed E-state index contributed by atoms with van der Waals surface area (Å²) in [4.78, 5) is 12.4. The lowest BCUT2D eigenvalue weighted by molar-refractivity contribution is 0.0939. The van der Waals surface area contributed by atoms with Crippen LogP contribution in [0.5, 0.6) is 11.5 Å². The zero-order valence-corrected chi connectivity index (χ0v) is 14.6. The fourth-order valence-electron chi connectivity index (χ4n) is 2.49. The maximum absolute atomic E-state index is 12.4. The predicted molar refractivity (Wildman–Crippen MR) is 93.4 cm³/mol. The van der Waals surface area contributed by atoms with Crippen LogP contribution >= 0.6 is 0 Å². The lowest BCUT2D eigenvalue weighted by Crippen LogP contribution is -2.26. The van der Waals surface area contributed by atoms with Crippen LogP contribution in [0.15, 0.2) is 42.5 Å². The number of hydrogen-bond donors (Lipinski definition) is 2. The Morgan fingerprint density at radius 3 is 2.64 bits per heavy atom. The number of rotatable bonds is 5. The number of hydrogen-bond acceptors (Lipinski definition) is 5. The molecular formula is C17H18N2O5S. The molecule has 0 saturated carbocycles. The van der Waals surface area contributed by atoms with Crippen LogP contribution in [0.1, 0.15) is 28.9 Å². The molecule has 1 aliphatic heterocycles. The Labute approximate surface area is 146 Å². The van der Waals surface area contributed by atoms with E-state index < -0.39 is 10.0 Å². The van der Waals surface area contributed by atoms with E-state index in [-0.39, 0.29) is 18.7 Å². The molecule has 2 N–H and O–H groups in total. The molecule has 1 aliphatic rings. The van der Waals surface area contributed by atoms with Crippen molar-refractivity contribution in [3.05, 3.63) is 53.6 Å². The van der Waals surface area contributed by atoms with E-state index in [2.05, 4.69) is 10.0 Å². The molecule has 0 unspecified atom stereocenters. The van der Waals surface area contributed by atoms with Crippen LogP contribution < -0.4 is 19.5 Å². The molecule has 132 valence electrons. The maximum Gasteiger partial charge on any atom is 0.251 e. The van der Waals surface area contributed by atoms with Crippen molar-refractivity contribution in [3.63, 3.8) is 0 Å². The number of amides is 1. The molecule has 7 nitrogen and oxygen atoms in total. The third kappa shape index (κ3) is 4.21. The third-order valence-electron chi connectivity index (χ3n) is 3.67. The maximum atomic E-state index is 12.4. The van der Waals surface area contributed by atoms with Crippen LogP contribution in [0.2, 0.25) is 0 Å². The first-order valence-electron chi connectivity index (χ1n) is 7.60. The molecule has 0 radical (unpaired) electrons. The highest BCUT2D eigenvalue weighted by atomic mass is 32.2. The van der Waals surface area contributed by atoms with Gasteiger partial charge >= 0.3 is 0 Å². The Kier molecular flexibility index (Phi) is 4.54. The van der Waals surface area contributed by atoms with Gasteiger partial charge < -0.3 is 14.8 Å². The van der Waals surface area contributed by atoms with E-state index in [0.29, 0.717) is 22.7 Å². The van der Waals surface area contributed by atoms with Crippen molar-refractivity contribution in [3.8, 4) is 11.5 Å². The SMILES string of the molecule is C[C@@H](NC(=O)c1ccc2c(c1)OCO2)c1cccc(NS(C)(=O)=O)c1. The highest BCUT2D eigenvalue weighted by molar-refractivity contribution is 7.92. The summed E-state index contributed by atoms with van der Waals surface area (Å²) in [5.41, 5.74) is 1.69. The second-order valence-electron chi connectivity index (χ2n) is 5.76. The Hall–Kier alpha value is -2.74. The van der Waals surface area contributed by atoms with Gasteiger partial charge in [-0.1, -0.05) is 12.1 Å². The highest BCUT2D eigenvalue weighted by Crippen LogP contribution is 2.32. The predicted octanol–water partition coefficient (Wildman–Crippen LogP) is 2.28. The third-order valence-corrected chi connectivity index (χ3v) is 4.28. The molecule has 0 aromatic heterocycles. The van der Waals surface area contributed by atoms with Crippen molar-refractivity contribution < 1.29 is 22.7 Å². The number of carbonyl (C=O) groups is 1.